The van der Waals surface area contributed by atoms with Gasteiger partial charge in [-0.2, -0.15) is 5.26 Å². The van der Waals surface area contributed by atoms with E-state index >= 15 is 0 Å². The first-order valence-corrected chi connectivity index (χ1v) is 6.71. The van der Waals surface area contributed by atoms with Crippen LogP contribution in [0.25, 0.3) is 0 Å². The van der Waals surface area contributed by atoms with Crippen molar-refractivity contribution in [3.05, 3.63) is 28.2 Å². The lowest BCUT2D eigenvalue weighted by Gasteiger charge is -2.13. The lowest BCUT2D eigenvalue weighted by atomic mass is 10.1. The summed E-state index contributed by atoms with van der Waals surface area (Å²) in [4.78, 5) is 13.4. The maximum absolute atomic E-state index is 11.7. The van der Waals surface area contributed by atoms with Gasteiger partial charge in [0.05, 0.1) is 30.1 Å². The molecule has 1 aromatic rings. The van der Waals surface area contributed by atoms with Crippen LogP contribution in [0.2, 0.25) is 0 Å². The number of nitrogens with zero attached hydrogens (tertiary/aromatic N) is 2. The van der Waals surface area contributed by atoms with E-state index in [1.54, 1.807) is 12.0 Å². The predicted octanol–water partition coefficient (Wildman–Crippen LogP) is 2.44. The smallest absolute Gasteiger partial charge is 0.318 e. The molecule has 1 aliphatic heterocycles. The Morgan fingerprint density at radius 2 is 2.42 bits per heavy atom. The number of benzene rings is 1. The molecule has 1 aromatic carbocycles. The average Bonchev–Trinajstić information content (AvgIpc) is 2.77. The number of urea groups is 1. The number of ether oxygens (including phenoxy) is 1. The van der Waals surface area contributed by atoms with Gasteiger partial charge < -0.3 is 15.0 Å². The highest BCUT2D eigenvalue weighted by molar-refractivity contribution is 9.10. The molecule has 0 saturated carbocycles. The van der Waals surface area contributed by atoms with Gasteiger partial charge in [-0.15, -0.1) is 0 Å². The van der Waals surface area contributed by atoms with Gasteiger partial charge in [0, 0.05) is 13.1 Å². The van der Waals surface area contributed by atoms with Crippen molar-refractivity contribution >= 4 is 22.0 Å². The fraction of sp³-hybridized carbons (Fsp3) is 0.385. The van der Waals surface area contributed by atoms with Gasteiger partial charge in [-0.1, -0.05) is 6.07 Å². The third-order valence-electron chi connectivity index (χ3n) is 3.06. The Morgan fingerprint density at radius 1 is 1.63 bits per heavy atom. The molecule has 1 unspecified atom stereocenters. The van der Waals surface area contributed by atoms with Gasteiger partial charge in [-0.3, -0.25) is 0 Å². The van der Waals surface area contributed by atoms with Gasteiger partial charge in [0.1, 0.15) is 5.75 Å². The minimum Gasteiger partial charge on any atom is -0.496 e. The van der Waals surface area contributed by atoms with Crippen LogP contribution in [0.5, 0.6) is 5.75 Å². The summed E-state index contributed by atoms with van der Waals surface area (Å²) in [6.45, 7) is 1.05. The summed E-state index contributed by atoms with van der Waals surface area (Å²) >= 11 is 3.43. The molecule has 1 heterocycles. The first-order chi connectivity index (χ1) is 9.15. The number of hydrogen-bond donors (Lipinski definition) is 1. The summed E-state index contributed by atoms with van der Waals surface area (Å²) in [5.41, 5.74) is 1.01. The van der Waals surface area contributed by atoms with E-state index < -0.39 is 0 Å². The van der Waals surface area contributed by atoms with Crippen molar-refractivity contribution in [3.8, 4) is 11.8 Å². The maximum atomic E-state index is 11.7. The van der Waals surface area contributed by atoms with E-state index in [0.29, 0.717) is 19.5 Å². The number of carbonyl (C=O) groups excluding carboxylic acids is 1. The van der Waals surface area contributed by atoms with Gasteiger partial charge in [-0.05, 0) is 33.6 Å². The topological polar surface area (TPSA) is 65.4 Å². The van der Waals surface area contributed by atoms with Gasteiger partial charge in [-0.25, -0.2) is 4.79 Å². The zero-order valence-electron chi connectivity index (χ0n) is 10.5. The summed E-state index contributed by atoms with van der Waals surface area (Å²) in [7, 11) is 1.61. The number of rotatable bonds is 4. The Labute approximate surface area is 120 Å². The molecule has 1 N–H and O–H groups in total. The molecule has 6 heteroatoms. The number of nitrogens with one attached hydrogen (secondary N) is 1. The van der Waals surface area contributed by atoms with Crippen LogP contribution in [0.15, 0.2) is 22.7 Å². The highest BCUT2D eigenvalue weighted by Crippen LogP contribution is 2.29. The fourth-order valence-corrected chi connectivity index (χ4v) is 2.61. The van der Waals surface area contributed by atoms with E-state index in [-0.39, 0.29) is 12.1 Å². The zero-order chi connectivity index (χ0) is 13.8. The summed E-state index contributed by atoms with van der Waals surface area (Å²) in [5, 5.41) is 11.5. The molecule has 19 heavy (non-hydrogen) atoms. The Bertz CT molecular complexity index is 527. The second kappa shape index (κ2) is 5.93. The Morgan fingerprint density at radius 3 is 3.05 bits per heavy atom. The van der Waals surface area contributed by atoms with Crippen molar-refractivity contribution in [3.63, 3.8) is 0 Å². The molecule has 1 fully saturated rings. The molecule has 0 bridgehead atoms. The van der Waals surface area contributed by atoms with E-state index in [2.05, 4.69) is 21.2 Å². The molecule has 2 amide bonds. The van der Waals surface area contributed by atoms with Crippen molar-refractivity contribution in [1.29, 1.82) is 5.26 Å². The second-order valence-corrected chi connectivity index (χ2v) is 5.10. The fourth-order valence-electron chi connectivity index (χ4n) is 2.06. The summed E-state index contributed by atoms with van der Waals surface area (Å²) < 4.78 is 6.04. The largest absolute Gasteiger partial charge is 0.496 e. The summed E-state index contributed by atoms with van der Waals surface area (Å²) in [6, 6.07) is 7.62. The molecule has 100 valence electrons. The molecule has 0 radical (unpaired) electrons. The van der Waals surface area contributed by atoms with E-state index in [9.17, 15) is 4.79 Å². The van der Waals surface area contributed by atoms with Crippen molar-refractivity contribution in [2.45, 2.75) is 12.5 Å². The molecule has 0 spiro atoms. The van der Waals surface area contributed by atoms with Crippen molar-refractivity contribution < 1.29 is 9.53 Å². The van der Waals surface area contributed by atoms with Gasteiger partial charge in [0.2, 0.25) is 0 Å². The van der Waals surface area contributed by atoms with Gasteiger partial charge in [0.25, 0.3) is 0 Å². The Hall–Kier alpha value is -1.74. The van der Waals surface area contributed by atoms with E-state index in [1.165, 1.54) is 0 Å². The Balaban J connectivity index is 2.10. The van der Waals surface area contributed by atoms with E-state index in [0.717, 1.165) is 15.8 Å². The Kier molecular flexibility index (Phi) is 4.27. The lowest BCUT2D eigenvalue weighted by molar-refractivity contribution is 0.218. The number of halogens is 1. The minimum absolute atomic E-state index is 0.0478. The highest BCUT2D eigenvalue weighted by atomic mass is 79.9. The van der Waals surface area contributed by atoms with Crippen LogP contribution >= 0.6 is 15.9 Å². The molecule has 1 atom stereocenters. The molecule has 1 saturated heterocycles. The molecule has 0 aromatic heterocycles. The van der Waals surface area contributed by atoms with Crippen LogP contribution in [-0.2, 0) is 0 Å². The molecular weight excluding hydrogens is 310 g/mol. The van der Waals surface area contributed by atoms with Crippen LogP contribution in [-0.4, -0.2) is 31.1 Å². The predicted molar refractivity (Wildman–Crippen MR) is 73.8 cm³/mol. The second-order valence-electron chi connectivity index (χ2n) is 4.25. The lowest BCUT2D eigenvalue weighted by Crippen LogP contribution is -2.28. The van der Waals surface area contributed by atoms with Crippen LogP contribution < -0.4 is 10.1 Å². The molecular formula is C13H14BrN3O2. The monoisotopic (exact) mass is 323 g/mol. The zero-order valence-corrected chi connectivity index (χ0v) is 12.1. The summed E-state index contributed by atoms with van der Waals surface area (Å²) in [5.74, 6) is 0.759. The number of nitriles is 1. The van der Waals surface area contributed by atoms with E-state index in [1.807, 2.05) is 24.3 Å². The molecule has 2 rings (SSSR count). The van der Waals surface area contributed by atoms with Crippen LogP contribution in [0.3, 0.4) is 0 Å². The van der Waals surface area contributed by atoms with Gasteiger partial charge in [0.15, 0.2) is 0 Å². The number of carbonyl (C=O) groups is 1. The maximum Gasteiger partial charge on any atom is 0.318 e. The summed E-state index contributed by atoms with van der Waals surface area (Å²) in [6.07, 6.45) is 0.354. The third-order valence-corrected chi connectivity index (χ3v) is 3.68. The third kappa shape index (κ3) is 2.99. The van der Waals surface area contributed by atoms with Gasteiger partial charge >= 0.3 is 6.03 Å². The SMILES string of the molecule is COc1ccc(C2CN(CCC#N)C(=O)N2)cc1Br. The van der Waals surface area contributed by atoms with Crippen LogP contribution in [0.1, 0.15) is 18.0 Å². The van der Waals surface area contributed by atoms with Crippen molar-refractivity contribution in [2.75, 3.05) is 20.2 Å². The first-order valence-electron chi connectivity index (χ1n) is 5.91. The quantitative estimate of drug-likeness (QED) is 0.925. The first kappa shape index (κ1) is 13.7. The highest BCUT2D eigenvalue weighted by Gasteiger charge is 2.29. The van der Waals surface area contributed by atoms with E-state index in [4.69, 9.17) is 10.00 Å². The number of amides is 2. The van der Waals surface area contributed by atoms with Crippen LogP contribution in [0.4, 0.5) is 4.79 Å². The van der Waals surface area contributed by atoms with Crippen molar-refractivity contribution in [1.82, 2.24) is 10.2 Å². The minimum atomic E-state index is -0.118. The normalized spacial score (nSPS) is 18.1. The number of methoxy groups -OCH3 is 1. The average molecular weight is 324 g/mol. The molecule has 1 aliphatic rings. The van der Waals surface area contributed by atoms with Crippen LogP contribution in [0, 0.1) is 11.3 Å². The standard InChI is InChI=1S/C13H14BrN3O2/c1-19-12-4-3-9(7-10(12)14)11-8-17(6-2-5-15)13(18)16-11/h3-4,7,11H,2,6,8H2,1H3,(H,16,18). The molecule has 5 nitrogen and oxygen atoms in total. The number of hydrogen-bond acceptors (Lipinski definition) is 3. The molecule has 0 aliphatic carbocycles. The van der Waals surface area contributed by atoms with Crippen molar-refractivity contribution in [2.24, 2.45) is 0 Å².